The zero-order chi connectivity index (χ0) is 15.6. The van der Waals surface area contributed by atoms with Crippen LogP contribution in [0.5, 0.6) is 0 Å². The van der Waals surface area contributed by atoms with Crippen molar-refractivity contribution in [3.8, 4) is 0 Å². The third-order valence-corrected chi connectivity index (χ3v) is 4.39. The van der Waals surface area contributed by atoms with E-state index in [0.29, 0.717) is 6.54 Å². The van der Waals surface area contributed by atoms with Crippen molar-refractivity contribution in [2.75, 3.05) is 25.1 Å². The van der Waals surface area contributed by atoms with Crippen molar-refractivity contribution in [2.45, 2.75) is 19.9 Å². The summed E-state index contributed by atoms with van der Waals surface area (Å²) in [4.78, 5) is 10.2. The number of rotatable bonds is 8. The summed E-state index contributed by atoms with van der Waals surface area (Å²) in [5.74, 6) is 2.86. The normalized spacial score (nSPS) is 11.6. The highest BCUT2D eigenvalue weighted by Crippen LogP contribution is 2.11. The third-order valence-electron chi connectivity index (χ3n) is 2.88. The lowest BCUT2D eigenvalue weighted by atomic mass is 10.3. The molecule has 0 atom stereocenters. The van der Waals surface area contributed by atoms with E-state index >= 15 is 0 Å². The second-order valence-corrected chi connectivity index (χ2v) is 7.01. The lowest BCUT2D eigenvalue weighted by Crippen LogP contribution is -2.39. The van der Waals surface area contributed by atoms with Crippen molar-refractivity contribution in [3.05, 3.63) is 40.2 Å². The van der Waals surface area contributed by atoms with Crippen molar-refractivity contribution >= 4 is 29.1 Å². The number of nitrogens with zero attached hydrogens (tertiary/aromatic N) is 2. The first-order valence-electron chi connectivity index (χ1n) is 7.22. The van der Waals surface area contributed by atoms with Gasteiger partial charge >= 0.3 is 0 Å². The SMILES string of the molecule is CSCCNC(=NCc1ncc(C)s1)NCCc1ccco1. The Labute approximate surface area is 139 Å². The van der Waals surface area contributed by atoms with Gasteiger partial charge < -0.3 is 15.1 Å². The Bertz CT molecular complexity index is 566. The lowest BCUT2D eigenvalue weighted by Gasteiger charge is -2.11. The van der Waals surface area contributed by atoms with E-state index in [4.69, 9.17) is 4.42 Å². The van der Waals surface area contributed by atoms with Crippen LogP contribution in [-0.4, -0.2) is 36.0 Å². The van der Waals surface area contributed by atoms with E-state index in [9.17, 15) is 0 Å². The average Bonchev–Trinajstić information content (AvgIpc) is 3.16. The van der Waals surface area contributed by atoms with Crippen molar-refractivity contribution in [1.29, 1.82) is 0 Å². The van der Waals surface area contributed by atoms with E-state index in [1.807, 2.05) is 30.1 Å². The van der Waals surface area contributed by atoms with E-state index in [1.54, 1.807) is 17.6 Å². The van der Waals surface area contributed by atoms with Crippen LogP contribution in [0.4, 0.5) is 0 Å². The number of aliphatic imine (C=N–C) groups is 1. The predicted molar refractivity (Wildman–Crippen MR) is 94.8 cm³/mol. The average molecular weight is 339 g/mol. The van der Waals surface area contributed by atoms with Crippen LogP contribution in [0.25, 0.3) is 0 Å². The minimum Gasteiger partial charge on any atom is -0.469 e. The number of furan rings is 1. The molecule has 0 radical (unpaired) electrons. The van der Waals surface area contributed by atoms with Crippen LogP contribution in [0, 0.1) is 6.92 Å². The minimum atomic E-state index is 0.605. The Morgan fingerprint density at radius 3 is 2.95 bits per heavy atom. The van der Waals surface area contributed by atoms with Gasteiger partial charge in [-0.1, -0.05) is 0 Å². The van der Waals surface area contributed by atoms with Gasteiger partial charge in [0.05, 0.1) is 12.8 Å². The molecule has 0 unspecified atom stereocenters. The van der Waals surface area contributed by atoms with Gasteiger partial charge in [0.25, 0.3) is 0 Å². The second kappa shape index (κ2) is 9.53. The number of guanidine groups is 1. The van der Waals surface area contributed by atoms with Gasteiger partial charge in [-0.2, -0.15) is 11.8 Å². The molecule has 0 saturated heterocycles. The Balaban J connectivity index is 1.83. The van der Waals surface area contributed by atoms with Gasteiger partial charge in [-0.05, 0) is 25.3 Å². The summed E-state index contributed by atoms with van der Waals surface area (Å²) in [5.41, 5.74) is 0. The van der Waals surface area contributed by atoms with Gasteiger partial charge in [-0.3, -0.25) is 0 Å². The summed E-state index contributed by atoms with van der Waals surface area (Å²) in [7, 11) is 0. The monoisotopic (exact) mass is 338 g/mol. The highest BCUT2D eigenvalue weighted by Gasteiger charge is 2.02. The number of hydrogen-bond donors (Lipinski definition) is 2. The second-order valence-electron chi connectivity index (χ2n) is 4.71. The fraction of sp³-hybridized carbons (Fsp3) is 0.467. The van der Waals surface area contributed by atoms with Crippen LogP contribution in [0.3, 0.4) is 0 Å². The predicted octanol–water partition coefficient (Wildman–Crippen LogP) is 2.69. The standard InChI is InChI=1S/C15H22N4OS2/c1-12-10-18-14(22-12)11-19-15(17-7-9-21-2)16-6-5-13-4-3-8-20-13/h3-4,8,10H,5-7,9,11H2,1-2H3,(H2,16,17,19). The topological polar surface area (TPSA) is 62.5 Å². The molecule has 2 aromatic heterocycles. The summed E-state index contributed by atoms with van der Waals surface area (Å²) >= 11 is 3.50. The first-order valence-corrected chi connectivity index (χ1v) is 9.44. The molecule has 0 saturated carbocycles. The molecular formula is C15H22N4OS2. The zero-order valence-corrected chi connectivity index (χ0v) is 14.6. The largest absolute Gasteiger partial charge is 0.469 e. The fourth-order valence-corrected chi connectivity index (χ4v) is 2.84. The number of nitrogens with one attached hydrogen (secondary N) is 2. The van der Waals surface area contributed by atoms with E-state index in [1.165, 1.54) is 4.88 Å². The van der Waals surface area contributed by atoms with Gasteiger partial charge in [0.1, 0.15) is 10.8 Å². The molecule has 0 bridgehead atoms. The van der Waals surface area contributed by atoms with Crippen molar-refractivity contribution in [3.63, 3.8) is 0 Å². The molecule has 0 amide bonds. The highest BCUT2D eigenvalue weighted by atomic mass is 32.2. The molecule has 0 aliphatic rings. The number of thiazole rings is 1. The fourth-order valence-electron chi connectivity index (χ4n) is 1.83. The number of hydrogen-bond acceptors (Lipinski definition) is 5. The van der Waals surface area contributed by atoms with Gasteiger partial charge in [0.15, 0.2) is 5.96 Å². The maximum absolute atomic E-state index is 5.33. The number of aryl methyl sites for hydroxylation is 1. The zero-order valence-electron chi connectivity index (χ0n) is 13.0. The molecule has 2 N–H and O–H groups in total. The molecule has 2 rings (SSSR count). The quantitative estimate of drug-likeness (QED) is 0.440. The molecule has 120 valence electrons. The van der Waals surface area contributed by atoms with Crippen LogP contribution < -0.4 is 10.6 Å². The Morgan fingerprint density at radius 1 is 1.41 bits per heavy atom. The molecule has 0 fully saturated rings. The third kappa shape index (κ3) is 6.11. The van der Waals surface area contributed by atoms with Crippen LogP contribution in [-0.2, 0) is 13.0 Å². The maximum atomic E-state index is 5.33. The van der Waals surface area contributed by atoms with Gasteiger partial charge in [0, 0.05) is 36.3 Å². The van der Waals surface area contributed by atoms with Crippen molar-refractivity contribution < 1.29 is 4.42 Å². The first-order chi connectivity index (χ1) is 10.8. The molecular weight excluding hydrogens is 316 g/mol. The Hall–Kier alpha value is -1.47. The molecule has 0 aliphatic carbocycles. The maximum Gasteiger partial charge on any atom is 0.191 e. The summed E-state index contributed by atoms with van der Waals surface area (Å²) < 4.78 is 5.33. The van der Waals surface area contributed by atoms with Crippen LogP contribution in [0.1, 0.15) is 15.6 Å². The Kier molecular flexibility index (Phi) is 7.32. The van der Waals surface area contributed by atoms with Gasteiger partial charge in [-0.25, -0.2) is 9.98 Å². The highest BCUT2D eigenvalue weighted by molar-refractivity contribution is 7.98. The number of thioether (sulfide) groups is 1. The smallest absolute Gasteiger partial charge is 0.191 e. The van der Waals surface area contributed by atoms with Gasteiger partial charge in [0.2, 0.25) is 0 Å². The van der Waals surface area contributed by atoms with E-state index in [0.717, 1.165) is 42.0 Å². The van der Waals surface area contributed by atoms with E-state index < -0.39 is 0 Å². The lowest BCUT2D eigenvalue weighted by molar-refractivity contribution is 0.507. The summed E-state index contributed by atoms with van der Waals surface area (Å²) in [5, 5.41) is 7.72. The van der Waals surface area contributed by atoms with Crippen molar-refractivity contribution in [2.24, 2.45) is 4.99 Å². The van der Waals surface area contributed by atoms with E-state index in [2.05, 4.69) is 33.8 Å². The summed E-state index contributed by atoms with van der Waals surface area (Å²) in [6, 6.07) is 3.89. The molecule has 22 heavy (non-hydrogen) atoms. The Morgan fingerprint density at radius 2 is 2.27 bits per heavy atom. The van der Waals surface area contributed by atoms with Gasteiger partial charge in [-0.15, -0.1) is 11.3 Å². The summed E-state index contributed by atoms with van der Waals surface area (Å²) in [6.07, 6.45) is 6.53. The van der Waals surface area contributed by atoms with Crippen LogP contribution in [0.15, 0.2) is 34.0 Å². The molecule has 5 nitrogen and oxygen atoms in total. The molecule has 0 aromatic carbocycles. The minimum absolute atomic E-state index is 0.605. The van der Waals surface area contributed by atoms with Crippen molar-refractivity contribution in [1.82, 2.24) is 15.6 Å². The molecule has 2 aromatic rings. The molecule has 0 aliphatic heterocycles. The van der Waals surface area contributed by atoms with Crippen LogP contribution in [0.2, 0.25) is 0 Å². The molecule has 2 heterocycles. The van der Waals surface area contributed by atoms with Crippen LogP contribution >= 0.6 is 23.1 Å². The molecule has 0 spiro atoms. The number of aromatic nitrogens is 1. The first kappa shape index (κ1) is 16.9. The van der Waals surface area contributed by atoms with E-state index in [-0.39, 0.29) is 0 Å². The molecule has 7 heteroatoms. The summed E-state index contributed by atoms with van der Waals surface area (Å²) in [6.45, 7) is 4.35.